The fourth-order valence-corrected chi connectivity index (χ4v) is 6.04. The molecule has 3 aromatic heterocycles. The fraction of sp³-hybridized carbons (Fsp3) is 0.435. The van der Waals surface area contributed by atoms with Gasteiger partial charge in [0, 0.05) is 74.9 Å². The average Bonchev–Trinajstić information content (AvgIpc) is 3.48. The molecule has 2 aliphatic heterocycles. The van der Waals surface area contributed by atoms with Gasteiger partial charge >= 0.3 is 0 Å². The van der Waals surface area contributed by atoms with Gasteiger partial charge in [0.15, 0.2) is 0 Å². The molecule has 5 heterocycles. The van der Waals surface area contributed by atoms with Crippen LogP contribution >= 0.6 is 11.3 Å². The van der Waals surface area contributed by atoms with Crippen LogP contribution in [0.4, 0.5) is 0 Å². The summed E-state index contributed by atoms with van der Waals surface area (Å²) in [6, 6.07) is 10.4. The molecule has 0 aliphatic carbocycles. The molecule has 30 heavy (non-hydrogen) atoms. The summed E-state index contributed by atoms with van der Waals surface area (Å²) in [5.41, 5.74) is 1.93. The van der Waals surface area contributed by atoms with Crippen molar-refractivity contribution >= 4 is 17.2 Å². The third-order valence-corrected chi connectivity index (χ3v) is 7.54. The van der Waals surface area contributed by atoms with E-state index in [0.29, 0.717) is 12.5 Å². The van der Waals surface area contributed by atoms with Crippen LogP contribution in [0.2, 0.25) is 0 Å². The number of aromatic nitrogens is 3. The highest BCUT2D eigenvalue weighted by atomic mass is 32.1. The number of rotatable bonds is 5. The van der Waals surface area contributed by atoms with Crippen LogP contribution in [0.25, 0.3) is 0 Å². The predicted molar refractivity (Wildman–Crippen MR) is 117 cm³/mol. The van der Waals surface area contributed by atoms with Crippen LogP contribution in [0.15, 0.2) is 54.3 Å². The van der Waals surface area contributed by atoms with Gasteiger partial charge in [-0.15, -0.1) is 11.3 Å². The van der Waals surface area contributed by atoms with Crippen molar-refractivity contribution < 1.29 is 4.79 Å². The molecule has 2 aliphatic rings. The quantitative estimate of drug-likeness (QED) is 0.634. The molecule has 0 N–H and O–H groups in total. The van der Waals surface area contributed by atoms with E-state index in [2.05, 4.69) is 43.5 Å². The first-order valence-electron chi connectivity index (χ1n) is 10.6. The predicted octanol–water partition coefficient (Wildman–Crippen LogP) is 3.29. The number of carbonyl (C=O) groups excluding carboxylic acids is 1. The van der Waals surface area contributed by atoms with Gasteiger partial charge in [-0.1, -0.05) is 6.07 Å². The summed E-state index contributed by atoms with van der Waals surface area (Å²) in [6.45, 7) is 4.10. The zero-order chi connectivity index (χ0) is 20.6. The first-order chi connectivity index (χ1) is 14.7. The molecule has 1 amide bonds. The topological polar surface area (TPSA) is 54.3 Å². The highest BCUT2D eigenvalue weighted by Gasteiger charge is 2.55. The molecule has 5 rings (SSSR count). The Bertz CT molecular complexity index is 1000. The SMILES string of the molecule is Cn1nccc1[C@@H]1CN(Cc2cccs2)C[C@]12CCCN(Cc1ccncc1)C2=O. The summed E-state index contributed by atoms with van der Waals surface area (Å²) in [4.78, 5) is 24.0. The molecule has 2 fully saturated rings. The highest BCUT2D eigenvalue weighted by molar-refractivity contribution is 7.09. The van der Waals surface area contributed by atoms with Crippen molar-refractivity contribution in [1.82, 2.24) is 24.6 Å². The maximum absolute atomic E-state index is 14.0. The van der Waals surface area contributed by atoms with Gasteiger partial charge in [0.05, 0.1) is 5.41 Å². The van der Waals surface area contributed by atoms with E-state index in [1.807, 2.05) is 30.1 Å². The van der Waals surface area contributed by atoms with E-state index >= 15 is 0 Å². The Hall–Kier alpha value is -2.51. The zero-order valence-corrected chi connectivity index (χ0v) is 18.1. The molecule has 156 valence electrons. The van der Waals surface area contributed by atoms with Crippen LogP contribution in [-0.2, 0) is 24.9 Å². The molecule has 7 heteroatoms. The minimum Gasteiger partial charge on any atom is -0.338 e. The van der Waals surface area contributed by atoms with Gasteiger partial charge in [-0.2, -0.15) is 5.10 Å². The molecule has 2 atom stereocenters. The number of carbonyl (C=O) groups is 1. The van der Waals surface area contributed by atoms with Gasteiger partial charge in [0.25, 0.3) is 0 Å². The number of pyridine rings is 1. The number of thiophene rings is 1. The molecule has 0 aromatic carbocycles. The van der Waals surface area contributed by atoms with Crippen molar-refractivity contribution in [1.29, 1.82) is 0 Å². The van der Waals surface area contributed by atoms with Gasteiger partial charge in [0.2, 0.25) is 5.91 Å². The van der Waals surface area contributed by atoms with E-state index in [9.17, 15) is 4.79 Å². The van der Waals surface area contributed by atoms with Gasteiger partial charge < -0.3 is 4.90 Å². The minimum atomic E-state index is -0.379. The summed E-state index contributed by atoms with van der Waals surface area (Å²) in [7, 11) is 1.99. The van der Waals surface area contributed by atoms with Gasteiger partial charge in [0.1, 0.15) is 0 Å². The Labute approximate surface area is 181 Å². The first kappa shape index (κ1) is 19.5. The largest absolute Gasteiger partial charge is 0.338 e. The van der Waals surface area contributed by atoms with E-state index in [1.54, 1.807) is 23.7 Å². The van der Waals surface area contributed by atoms with Crippen LogP contribution in [0.1, 0.15) is 34.9 Å². The lowest BCUT2D eigenvalue weighted by atomic mass is 9.70. The lowest BCUT2D eigenvalue weighted by Gasteiger charge is -2.42. The standard InChI is InChI=1S/C23H27N5OS/c1-26-21(7-11-25-26)20-16-27(15-19-4-2-13-30-19)17-23(20)8-3-12-28(22(23)29)14-18-5-9-24-10-6-18/h2,4-7,9-11,13,20H,3,8,12,14-17H2,1H3/t20-,23+/m0/s1. The molecular formula is C23H27N5OS. The number of likely N-dealkylation sites (tertiary alicyclic amines) is 2. The summed E-state index contributed by atoms with van der Waals surface area (Å²) >= 11 is 1.79. The minimum absolute atomic E-state index is 0.165. The number of amides is 1. The molecule has 3 aromatic rings. The number of hydrogen-bond donors (Lipinski definition) is 0. The Morgan fingerprint density at radius 2 is 2.03 bits per heavy atom. The average molecular weight is 422 g/mol. The Kier molecular flexibility index (Phi) is 5.16. The lowest BCUT2D eigenvalue weighted by Crippen LogP contribution is -2.52. The third-order valence-electron chi connectivity index (χ3n) is 6.68. The number of aryl methyl sites for hydroxylation is 1. The second-order valence-electron chi connectivity index (χ2n) is 8.52. The molecule has 2 saturated heterocycles. The fourth-order valence-electron chi connectivity index (χ4n) is 5.29. The van der Waals surface area contributed by atoms with Crippen molar-refractivity contribution in [3.05, 3.63) is 70.4 Å². The maximum atomic E-state index is 14.0. The smallest absolute Gasteiger partial charge is 0.231 e. The third kappa shape index (κ3) is 3.46. The lowest BCUT2D eigenvalue weighted by molar-refractivity contribution is -0.147. The Balaban J connectivity index is 1.46. The summed E-state index contributed by atoms with van der Waals surface area (Å²) in [5.74, 6) is 0.461. The molecule has 0 saturated carbocycles. The maximum Gasteiger partial charge on any atom is 0.231 e. The zero-order valence-electron chi connectivity index (χ0n) is 17.3. The number of hydrogen-bond acceptors (Lipinski definition) is 5. The summed E-state index contributed by atoms with van der Waals surface area (Å²) in [5, 5.41) is 6.55. The second kappa shape index (κ2) is 7.96. The molecule has 0 unspecified atom stereocenters. The monoisotopic (exact) mass is 421 g/mol. The van der Waals surface area contributed by atoms with Gasteiger partial charge in [-0.3, -0.25) is 19.4 Å². The second-order valence-corrected chi connectivity index (χ2v) is 9.56. The van der Waals surface area contributed by atoms with Gasteiger partial charge in [-0.25, -0.2) is 0 Å². The van der Waals surface area contributed by atoms with Crippen LogP contribution in [-0.4, -0.2) is 50.1 Å². The summed E-state index contributed by atoms with van der Waals surface area (Å²) in [6.07, 6.45) is 7.44. The molecule has 1 spiro atoms. The highest BCUT2D eigenvalue weighted by Crippen LogP contribution is 2.49. The van der Waals surface area contributed by atoms with Crippen molar-refractivity contribution in [2.45, 2.75) is 31.8 Å². The van der Waals surface area contributed by atoms with Crippen LogP contribution in [0.3, 0.4) is 0 Å². The molecule has 6 nitrogen and oxygen atoms in total. The van der Waals surface area contributed by atoms with Crippen molar-refractivity contribution in [2.24, 2.45) is 12.5 Å². The van der Waals surface area contributed by atoms with Crippen LogP contribution in [0, 0.1) is 5.41 Å². The van der Waals surface area contributed by atoms with Gasteiger partial charge in [-0.05, 0) is 48.1 Å². The van der Waals surface area contributed by atoms with Crippen molar-refractivity contribution in [2.75, 3.05) is 19.6 Å². The van der Waals surface area contributed by atoms with Crippen molar-refractivity contribution in [3.8, 4) is 0 Å². The number of nitrogens with zero attached hydrogens (tertiary/aromatic N) is 5. The van der Waals surface area contributed by atoms with E-state index in [4.69, 9.17) is 0 Å². The van der Waals surface area contributed by atoms with Crippen LogP contribution in [0.5, 0.6) is 0 Å². The van der Waals surface area contributed by atoms with Crippen molar-refractivity contribution in [3.63, 3.8) is 0 Å². The Morgan fingerprint density at radius 3 is 2.77 bits per heavy atom. The van der Waals surface area contributed by atoms with E-state index < -0.39 is 0 Å². The molecule has 0 bridgehead atoms. The van der Waals surface area contributed by atoms with E-state index in [0.717, 1.165) is 44.6 Å². The summed E-state index contributed by atoms with van der Waals surface area (Å²) < 4.78 is 1.95. The molecule has 0 radical (unpaired) electrons. The first-order valence-corrected chi connectivity index (χ1v) is 11.4. The Morgan fingerprint density at radius 1 is 1.17 bits per heavy atom. The van der Waals surface area contributed by atoms with E-state index in [-0.39, 0.29) is 11.3 Å². The van der Waals surface area contributed by atoms with E-state index in [1.165, 1.54) is 10.6 Å². The van der Waals surface area contributed by atoms with Crippen LogP contribution < -0.4 is 0 Å². The normalized spacial score (nSPS) is 24.8. The number of piperidine rings is 1. The molecular weight excluding hydrogens is 394 g/mol.